The molecule has 0 aliphatic rings. The minimum atomic E-state index is -0.313. The van der Waals surface area contributed by atoms with E-state index in [-0.39, 0.29) is 11.8 Å². The molecule has 7 nitrogen and oxygen atoms in total. The molecule has 3 rings (SSSR count). The van der Waals surface area contributed by atoms with E-state index < -0.39 is 0 Å². The van der Waals surface area contributed by atoms with Gasteiger partial charge in [0.2, 0.25) is 5.91 Å². The van der Waals surface area contributed by atoms with Crippen LogP contribution in [0.1, 0.15) is 29.4 Å². The standard InChI is InChI=1S/C20H20N4O3S/c1-4-16(25)22-13-7-5-8-14(11-13)23-19(26)17-12(2)21-18(24-20(17)28-3)15-9-6-10-27-15/h5-11H,4H2,1-3H3,(H,22,25)(H,23,26). The van der Waals surface area contributed by atoms with Crippen LogP contribution in [-0.4, -0.2) is 28.0 Å². The number of hydrogen-bond donors (Lipinski definition) is 2. The first-order valence-corrected chi connectivity index (χ1v) is 9.92. The molecule has 8 heteroatoms. The second kappa shape index (κ2) is 8.71. The van der Waals surface area contributed by atoms with Crippen molar-refractivity contribution in [2.24, 2.45) is 0 Å². The van der Waals surface area contributed by atoms with Crippen LogP contribution in [0.15, 0.2) is 52.1 Å². The Morgan fingerprint density at radius 1 is 1.11 bits per heavy atom. The summed E-state index contributed by atoms with van der Waals surface area (Å²) in [6.45, 7) is 3.54. The van der Waals surface area contributed by atoms with Gasteiger partial charge in [-0.2, -0.15) is 0 Å². The Hall–Kier alpha value is -3.13. The third-order valence-corrected chi connectivity index (χ3v) is 4.63. The molecular weight excluding hydrogens is 376 g/mol. The van der Waals surface area contributed by atoms with Gasteiger partial charge < -0.3 is 15.1 Å². The van der Waals surface area contributed by atoms with Crippen molar-refractivity contribution in [2.75, 3.05) is 16.9 Å². The van der Waals surface area contributed by atoms with Gasteiger partial charge in [0.05, 0.1) is 17.5 Å². The van der Waals surface area contributed by atoms with E-state index >= 15 is 0 Å². The summed E-state index contributed by atoms with van der Waals surface area (Å²) >= 11 is 1.36. The largest absolute Gasteiger partial charge is 0.461 e. The third kappa shape index (κ3) is 4.40. The Morgan fingerprint density at radius 2 is 1.86 bits per heavy atom. The summed E-state index contributed by atoms with van der Waals surface area (Å²) in [6, 6.07) is 10.5. The van der Waals surface area contributed by atoms with Crippen LogP contribution in [0, 0.1) is 6.92 Å². The summed E-state index contributed by atoms with van der Waals surface area (Å²) in [5.41, 5.74) is 2.15. The maximum atomic E-state index is 12.9. The summed E-state index contributed by atoms with van der Waals surface area (Å²) in [4.78, 5) is 33.3. The summed E-state index contributed by atoms with van der Waals surface area (Å²) in [7, 11) is 0. The number of hydrogen-bond acceptors (Lipinski definition) is 6. The van der Waals surface area contributed by atoms with Crippen molar-refractivity contribution in [3.8, 4) is 11.6 Å². The zero-order valence-corrected chi connectivity index (χ0v) is 16.6. The summed E-state index contributed by atoms with van der Waals surface area (Å²) in [5.74, 6) is 0.579. The Morgan fingerprint density at radius 3 is 2.50 bits per heavy atom. The summed E-state index contributed by atoms with van der Waals surface area (Å²) in [5, 5.41) is 6.19. The monoisotopic (exact) mass is 396 g/mol. The van der Waals surface area contributed by atoms with Crippen LogP contribution in [0.4, 0.5) is 11.4 Å². The van der Waals surface area contributed by atoms with Crippen LogP contribution >= 0.6 is 11.8 Å². The maximum absolute atomic E-state index is 12.9. The van der Waals surface area contributed by atoms with Crippen LogP contribution in [0.2, 0.25) is 0 Å². The fourth-order valence-corrected chi connectivity index (χ4v) is 3.21. The lowest BCUT2D eigenvalue weighted by Gasteiger charge is -2.12. The Balaban J connectivity index is 1.86. The Labute approximate surface area is 167 Å². The normalized spacial score (nSPS) is 10.5. The van der Waals surface area contributed by atoms with Gasteiger partial charge >= 0.3 is 0 Å². The Bertz CT molecular complexity index is 1000. The lowest BCUT2D eigenvalue weighted by molar-refractivity contribution is -0.115. The van der Waals surface area contributed by atoms with Gasteiger partial charge in [-0.25, -0.2) is 9.97 Å². The number of thioether (sulfide) groups is 1. The molecule has 28 heavy (non-hydrogen) atoms. The van der Waals surface area contributed by atoms with E-state index in [1.165, 1.54) is 11.8 Å². The van der Waals surface area contributed by atoms with Gasteiger partial charge in [-0.3, -0.25) is 9.59 Å². The molecule has 0 radical (unpaired) electrons. The lowest BCUT2D eigenvalue weighted by Crippen LogP contribution is -2.17. The molecule has 0 spiro atoms. The SMILES string of the molecule is CCC(=O)Nc1cccc(NC(=O)c2c(C)nc(-c3ccco3)nc2SC)c1. The van der Waals surface area contributed by atoms with E-state index in [9.17, 15) is 9.59 Å². The molecule has 3 aromatic rings. The topological polar surface area (TPSA) is 97.1 Å². The number of aromatic nitrogens is 2. The van der Waals surface area contributed by atoms with E-state index in [1.54, 1.807) is 56.5 Å². The van der Waals surface area contributed by atoms with Gasteiger partial charge in [-0.1, -0.05) is 13.0 Å². The maximum Gasteiger partial charge on any atom is 0.260 e. The first-order chi connectivity index (χ1) is 13.5. The lowest BCUT2D eigenvalue weighted by atomic mass is 10.2. The molecule has 0 unspecified atom stereocenters. The molecule has 0 aliphatic carbocycles. The number of aryl methyl sites for hydroxylation is 1. The molecule has 2 heterocycles. The molecule has 0 bridgehead atoms. The van der Waals surface area contributed by atoms with Gasteiger partial charge in [0.25, 0.3) is 5.91 Å². The molecule has 0 fully saturated rings. The smallest absolute Gasteiger partial charge is 0.260 e. The molecule has 0 saturated heterocycles. The predicted octanol–water partition coefficient (Wildman–Crippen LogP) is 4.37. The van der Waals surface area contributed by atoms with Crippen LogP contribution in [0.3, 0.4) is 0 Å². The molecule has 2 N–H and O–H groups in total. The van der Waals surface area contributed by atoms with Crippen LogP contribution in [0.25, 0.3) is 11.6 Å². The van der Waals surface area contributed by atoms with Gasteiger partial charge in [0.1, 0.15) is 5.03 Å². The highest BCUT2D eigenvalue weighted by atomic mass is 32.2. The summed E-state index contributed by atoms with van der Waals surface area (Å²) < 4.78 is 5.35. The number of nitrogens with zero attached hydrogens (tertiary/aromatic N) is 2. The average molecular weight is 396 g/mol. The number of anilines is 2. The quantitative estimate of drug-likeness (QED) is 0.474. The number of furan rings is 1. The highest BCUT2D eigenvalue weighted by Crippen LogP contribution is 2.26. The van der Waals surface area contributed by atoms with Crippen LogP contribution in [0.5, 0.6) is 0 Å². The van der Waals surface area contributed by atoms with Gasteiger partial charge in [0, 0.05) is 17.8 Å². The minimum absolute atomic E-state index is 0.0918. The zero-order chi connectivity index (χ0) is 20.1. The second-order valence-corrected chi connectivity index (χ2v) is 6.73. The van der Waals surface area contributed by atoms with Crippen molar-refractivity contribution in [3.63, 3.8) is 0 Å². The van der Waals surface area contributed by atoms with Crippen LogP contribution in [-0.2, 0) is 4.79 Å². The molecule has 2 aromatic heterocycles. The predicted molar refractivity (Wildman–Crippen MR) is 110 cm³/mol. The first-order valence-electron chi connectivity index (χ1n) is 8.69. The van der Waals surface area contributed by atoms with Crippen LogP contribution < -0.4 is 10.6 Å². The minimum Gasteiger partial charge on any atom is -0.461 e. The number of carbonyl (C=O) groups excluding carboxylic acids is 2. The number of amides is 2. The highest BCUT2D eigenvalue weighted by molar-refractivity contribution is 7.98. The highest BCUT2D eigenvalue weighted by Gasteiger charge is 2.20. The van der Waals surface area contributed by atoms with Crippen molar-refractivity contribution in [1.82, 2.24) is 9.97 Å². The average Bonchev–Trinajstić information content (AvgIpc) is 3.22. The number of rotatable bonds is 6. The van der Waals surface area contributed by atoms with E-state index in [4.69, 9.17) is 4.42 Å². The summed E-state index contributed by atoms with van der Waals surface area (Å²) in [6.07, 6.45) is 3.79. The van der Waals surface area contributed by atoms with Crippen molar-refractivity contribution in [3.05, 3.63) is 53.9 Å². The number of carbonyl (C=O) groups is 2. The van der Waals surface area contributed by atoms with E-state index in [0.717, 1.165) is 0 Å². The molecular formula is C20H20N4O3S. The Kier molecular flexibility index (Phi) is 6.10. The first kappa shape index (κ1) is 19.6. The zero-order valence-electron chi connectivity index (χ0n) is 15.8. The molecule has 0 atom stereocenters. The third-order valence-electron chi connectivity index (χ3n) is 3.94. The number of benzene rings is 1. The molecule has 1 aromatic carbocycles. The second-order valence-electron chi connectivity index (χ2n) is 5.93. The van der Waals surface area contributed by atoms with Crippen molar-refractivity contribution in [1.29, 1.82) is 0 Å². The van der Waals surface area contributed by atoms with Crippen molar-refractivity contribution >= 4 is 35.0 Å². The number of nitrogens with one attached hydrogen (secondary N) is 2. The molecule has 0 aliphatic heterocycles. The van der Waals surface area contributed by atoms with Gasteiger partial charge in [0.15, 0.2) is 11.6 Å². The van der Waals surface area contributed by atoms with Crippen molar-refractivity contribution in [2.45, 2.75) is 25.3 Å². The molecule has 144 valence electrons. The molecule has 2 amide bonds. The van der Waals surface area contributed by atoms with Gasteiger partial charge in [-0.15, -0.1) is 11.8 Å². The van der Waals surface area contributed by atoms with E-state index in [1.807, 2.05) is 6.26 Å². The van der Waals surface area contributed by atoms with E-state index in [2.05, 4.69) is 20.6 Å². The molecule has 0 saturated carbocycles. The van der Waals surface area contributed by atoms with Gasteiger partial charge in [-0.05, 0) is 43.5 Å². The van der Waals surface area contributed by atoms with E-state index in [0.29, 0.717) is 45.7 Å². The fourth-order valence-electron chi connectivity index (χ4n) is 2.59. The fraction of sp³-hybridized carbons (Fsp3) is 0.200. The van der Waals surface area contributed by atoms with Crippen molar-refractivity contribution < 1.29 is 14.0 Å².